The van der Waals surface area contributed by atoms with Crippen molar-refractivity contribution in [3.8, 4) is 11.3 Å². The molecule has 0 saturated carbocycles. The standard InChI is InChI=1S/C16H18N2O4/c1-10(2)8-13(16(20)21)17-15(19)14-9-12(18-22-14)11-6-4-3-5-7-11/h3-7,9-10,13H,8H2,1-2H3,(H,17,19)(H,20,21)/t13-/m1/s1. The van der Waals surface area contributed by atoms with Gasteiger partial charge in [0.15, 0.2) is 0 Å². The van der Waals surface area contributed by atoms with Crippen LogP contribution in [0.2, 0.25) is 0 Å². The van der Waals surface area contributed by atoms with Crippen LogP contribution in [0, 0.1) is 5.92 Å². The van der Waals surface area contributed by atoms with Crippen LogP contribution in [-0.4, -0.2) is 28.2 Å². The summed E-state index contributed by atoms with van der Waals surface area (Å²) in [6.45, 7) is 3.79. The van der Waals surface area contributed by atoms with Gasteiger partial charge >= 0.3 is 5.97 Å². The van der Waals surface area contributed by atoms with E-state index in [1.54, 1.807) is 0 Å². The van der Waals surface area contributed by atoms with E-state index in [1.165, 1.54) is 6.07 Å². The van der Waals surface area contributed by atoms with Crippen LogP contribution in [0.3, 0.4) is 0 Å². The highest BCUT2D eigenvalue weighted by atomic mass is 16.5. The molecule has 0 radical (unpaired) electrons. The number of hydrogen-bond donors (Lipinski definition) is 2. The van der Waals surface area contributed by atoms with Gasteiger partial charge in [0.2, 0.25) is 5.76 Å². The molecule has 116 valence electrons. The number of aromatic nitrogens is 1. The van der Waals surface area contributed by atoms with Crippen molar-refractivity contribution in [1.82, 2.24) is 10.5 Å². The van der Waals surface area contributed by atoms with Gasteiger partial charge in [-0.15, -0.1) is 0 Å². The van der Waals surface area contributed by atoms with Gasteiger partial charge in [-0.1, -0.05) is 49.3 Å². The molecule has 1 atom stereocenters. The minimum Gasteiger partial charge on any atom is -0.480 e. The molecular formula is C16H18N2O4. The molecule has 1 heterocycles. The maximum atomic E-state index is 12.1. The molecule has 0 aliphatic rings. The summed E-state index contributed by atoms with van der Waals surface area (Å²) in [6.07, 6.45) is 0.348. The summed E-state index contributed by atoms with van der Waals surface area (Å²) in [5, 5.41) is 15.4. The molecule has 0 fully saturated rings. The van der Waals surface area contributed by atoms with E-state index in [0.717, 1.165) is 5.56 Å². The quantitative estimate of drug-likeness (QED) is 0.855. The minimum absolute atomic E-state index is 0.00569. The molecule has 0 aliphatic heterocycles. The Kier molecular flexibility index (Phi) is 4.93. The number of hydrogen-bond acceptors (Lipinski definition) is 4. The SMILES string of the molecule is CC(C)C[C@@H](NC(=O)c1cc(-c2ccccc2)no1)C(=O)O. The Morgan fingerprint density at radius 3 is 2.55 bits per heavy atom. The van der Waals surface area contributed by atoms with Crippen molar-refractivity contribution in [2.24, 2.45) is 5.92 Å². The maximum Gasteiger partial charge on any atom is 0.326 e. The van der Waals surface area contributed by atoms with Gasteiger partial charge in [0.05, 0.1) is 0 Å². The first-order valence-electron chi connectivity index (χ1n) is 7.03. The van der Waals surface area contributed by atoms with Gasteiger partial charge in [0.1, 0.15) is 11.7 Å². The zero-order valence-electron chi connectivity index (χ0n) is 12.4. The molecule has 0 unspecified atom stereocenters. The second-order valence-electron chi connectivity index (χ2n) is 5.44. The summed E-state index contributed by atoms with van der Waals surface area (Å²) < 4.78 is 5.01. The number of carbonyl (C=O) groups is 2. The van der Waals surface area contributed by atoms with Crippen LogP contribution >= 0.6 is 0 Å². The molecule has 1 aromatic carbocycles. The van der Waals surface area contributed by atoms with Crippen molar-refractivity contribution < 1.29 is 19.2 Å². The summed E-state index contributed by atoms with van der Waals surface area (Å²) in [7, 11) is 0. The lowest BCUT2D eigenvalue weighted by molar-refractivity contribution is -0.139. The van der Waals surface area contributed by atoms with E-state index >= 15 is 0 Å². The fraction of sp³-hybridized carbons (Fsp3) is 0.312. The van der Waals surface area contributed by atoms with E-state index in [2.05, 4.69) is 10.5 Å². The Morgan fingerprint density at radius 2 is 1.95 bits per heavy atom. The van der Waals surface area contributed by atoms with E-state index in [-0.39, 0.29) is 11.7 Å². The number of carboxylic acid groups (broad SMARTS) is 1. The fourth-order valence-electron chi connectivity index (χ4n) is 2.05. The minimum atomic E-state index is -1.06. The van der Waals surface area contributed by atoms with Gasteiger partial charge in [0, 0.05) is 11.6 Å². The lowest BCUT2D eigenvalue weighted by Crippen LogP contribution is -2.41. The van der Waals surface area contributed by atoms with Crippen LogP contribution in [0.15, 0.2) is 40.9 Å². The van der Waals surface area contributed by atoms with Gasteiger partial charge in [-0.05, 0) is 12.3 Å². The molecule has 6 nitrogen and oxygen atoms in total. The molecule has 2 rings (SSSR count). The third-order valence-electron chi connectivity index (χ3n) is 3.11. The number of carboxylic acids is 1. The summed E-state index contributed by atoms with van der Waals surface area (Å²) in [4.78, 5) is 23.2. The van der Waals surface area contributed by atoms with Crippen LogP contribution in [0.5, 0.6) is 0 Å². The normalized spacial score (nSPS) is 12.1. The molecule has 1 aromatic heterocycles. The Balaban J connectivity index is 2.10. The van der Waals surface area contributed by atoms with E-state index < -0.39 is 17.9 Å². The van der Waals surface area contributed by atoms with E-state index in [1.807, 2.05) is 44.2 Å². The zero-order chi connectivity index (χ0) is 16.1. The molecule has 1 amide bonds. The lowest BCUT2D eigenvalue weighted by atomic mass is 10.0. The maximum absolute atomic E-state index is 12.1. The van der Waals surface area contributed by atoms with E-state index in [0.29, 0.717) is 12.1 Å². The monoisotopic (exact) mass is 302 g/mol. The summed E-state index contributed by atoms with van der Waals surface area (Å²) in [6, 6.07) is 9.83. The number of aliphatic carboxylic acids is 1. The third-order valence-corrected chi connectivity index (χ3v) is 3.11. The molecule has 2 aromatic rings. The van der Waals surface area contributed by atoms with Crippen molar-refractivity contribution in [3.63, 3.8) is 0 Å². The Hall–Kier alpha value is -2.63. The number of carbonyl (C=O) groups excluding carboxylic acids is 1. The first-order chi connectivity index (χ1) is 10.5. The molecular weight excluding hydrogens is 284 g/mol. The van der Waals surface area contributed by atoms with Crippen molar-refractivity contribution >= 4 is 11.9 Å². The molecule has 2 N–H and O–H groups in total. The van der Waals surface area contributed by atoms with Crippen molar-refractivity contribution in [2.75, 3.05) is 0 Å². The topological polar surface area (TPSA) is 92.4 Å². The molecule has 6 heteroatoms. The highest BCUT2D eigenvalue weighted by Crippen LogP contribution is 2.18. The highest BCUT2D eigenvalue weighted by Gasteiger charge is 2.23. The van der Waals surface area contributed by atoms with Crippen molar-refractivity contribution in [2.45, 2.75) is 26.3 Å². The van der Waals surface area contributed by atoms with Gasteiger partial charge in [-0.2, -0.15) is 0 Å². The van der Waals surface area contributed by atoms with E-state index in [9.17, 15) is 9.59 Å². The first-order valence-corrected chi connectivity index (χ1v) is 7.03. The zero-order valence-corrected chi connectivity index (χ0v) is 12.4. The van der Waals surface area contributed by atoms with Crippen LogP contribution in [-0.2, 0) is 4.79 Å². The average Bonchev–Trinajstić information content (AvgIpc) is 2.96. The first kappa shape index (κ1) is 15.8. The molecule has 0 aliphatic carbocycles. The summed E-state index contributed by atoms with van der Waals surface area (Å²) in [5.41, 5.74) is 1.35. The van der Waals surface area contributed by atoms with Crippen molar-refractivity contribution in [3.05, 3.63) is 42.2 Å². The average molecular weight is 302 g/mol. The predicted octanol–water partition coefficient (Wildman–Crippen LogP) is 2.57. The van der Waals surface area contributed by atoms with Gasteiger partial charge in [0.25, 0.3) is 5.91 Å². The van der Waals surface area contributed by atoms with Crippen LogP contribution in [0.1, 0.15) is 30.8 Å². The number of amides is 1. The second kappa shape index (κ2) is 6.89. The number of benzene rings is 1. The van der Waals surface area contributed by atoms with Crippen molar-refractivity contribution in [1.29, 1.82) is 0 Å². The Morgan fingerprint density at radius 1 is 1.27 bits per heavy atom. The van der Waals surface area contributed by atoms with Gasteiger partial charge < -0.3 is 14.9 Å². The lowest BCUT2D eigenvalue weighted by Gasteiger charge is -2.15. The number of nitrogens with zero attached hydrogens (tertiary/aromatic N) is 1. The van der Waals surface area contributed by atoms with Gasteiger partial charge in [-0.25, -0.2) is 4.79 Å². The van der Waals surface area contributed by atoms with E-state index in [4.69, 9.17) is 9.63 Å². The number of rotatable bonds is 6. The second-order valence-corrected chi connectivity index (χ2v) is 5.44. The smallest absolute Gasteiger partial charge is 0.326 e. The highest BCUT2D eigenvalue weighted by molar-refractivity contribution is 5.95. The fourth-order valence-corrected chi connectivity index (χ4v) is 2.05. The predicted molar refractivity (Wildman–Crippen MR) is 80.3 cm³/mol. The summed E-state index contributed by atoms with van der Waals surface area (Å²) in [5.74, 6) is -1.50. The summed E-state index contributed by atoms with van der Waals surface area (Å²) >= 11 is 0. The third kappa shape index (κ3) is 3.94. The Bertz CT molecular complexity index is 649. The molecule has 0 spiro atoms. The molecule has 0 bridgehead atoms. The largest absolute Gasteiger partial charge is 0.480 e. The Labute approximate surface area is 128 Å². The van der Waals surface area contributed by atoms with Crippen LogP contribution in [0.4, 0.5) is 0 Å². The number of nitrogens with one attached hydrogen (secondary N) is 1. The van der Waals surface area contributed by atoms with Gasteiger partial charge in [-0.3, -0.25) is 4.79 Å². The van der Waals surface area contributed by atoms with Crippen LogP contribution in [0.25, 0.3) is 11.3 Å². The van der Waals surface area contributed by atoms with Crippen LogP contribution < -0.4 is 5.32 Å². The molecule has 0 saturated heterocycles. The molecule has 22 heavy (non-hydrogen) atoms.